The molecule has 0 aromatic carbocycles. The number of fused-ring (bicyclic) bond motifs is 1. The molecule has 2 aliphatic carbocycles. The molecule has 0 radical (unpaired) electrons. The van der Waals surface area contributed by atoms with Crippen molar-refractivity contribution in [1.29, 1.82) is 0 Å². The van der Waals surface area contributed by atoms with Crippen molar-refractivity contribution in [2.24, 2.45) is 23.2 Å². The number of hydrogen-bond donors (Lipinski definition) is 0. The van der Waals surface area contributed by atoms with E-state index in [4.69, 9.17) is 0 Å². The normalized spacial score (nSPS) is 42.4. The van der Waals surface area contributed by atoms with Crippen LogP contribution in [0.3, 0.4) is 0 Å². The van der Waals surface area contributed by atoms with Gasteiger partial charge in [-0.2, -0.15) is 0 Å². The van der Waals surface area contributed by atoms with Gasteiger partial charge in [0.1, 0.15) is 12.1 Å². The molecule has 0 aromatic heterocycles. The molecule has 2 rings (SSSR count). The van der Waals surface area contributed by atoms with E-state index in [0.717, 1.165) is 38.4 Å². The summed E-state index contributed by atoms with van der Waals surface area (Å²) in [5.41, 5.74) is 0.121. The van der Waals surface area contributed by atoms with Crippen molar-refractivity contribution in [2.75, 3.05) is 0 Å². The Labute approximate surface area is 91.4 Å². The maximum Gasteiger partial charge on any atom is 0.136 e. The van der Waals surface area contributed by atoms with E-state index < -0.39 is 0 Å². The Morgan fingerprint density at radius 3 is 2.87 bits per heavy atom. The van der Waals surface area contributed by atoms with Gasteiger partial charge in [0.2, 0.25) is 0 Å². The Kier molecular flexibility index (Phi) is 2.70. The average molecular weight is 208 g/mol. The molecule has 0 saturated heterocycles. The molecule has 84 valence electrons. The van der Waals surface area contributed by atoms with Crippen molar-refractivity contribution in [3.05, 3.63) is 0 Å². The summed E-state index contributed by atoms with van der Waals surface area (Å²) < 4.78 is 0. The van der Waals surface area contributed by atoms with E-state index in [1.807, 2.05) is 6.92 Å². The highest BCUT2D eigenvalue weighted by atomic mass is 16.1. The van der Waals surface area contributed by atoms with Crippen LogP contribution in [0.15, 0.2) is 0 Å². The first-order chi connectivity index (χ1) is 7.09. The Hall–Kier alpha value is -0.660. The summed E-state index contributed by atoms with van der Waals surface area (Å²) in [7, 11) is 0. The van der Waals surface area contributed by atoms with Crippen molar-refractivity contribution in [2.45, 2.75) is 46.0 Å². The number of hydrogen-bond acceptors (Lipinski definition) is 2. The number of carbonyl (C=O) groups is 2. The average Bonchev–Trinajstić information content (AvgIpc) is 2.56. The first-order valence-corrected chi connectivity index (χ1v) is 6.07. The molecule has 15 heavy (non-hydrogen) atoms. The summed E-state index contributed by atoms with van der Waals surface area (Å²) in [6, 6.07) is 0. The van der Waals surface area contributed by atoms with Gasteiger partial charge >= 0.3 is 0 Å². The van der Waals surface area contributed by atoms with Gasteiger partial charge in [0.05, 0.1) is 0 Å². The van der Waals surface area contributed by atoms with Crippen LogP contribution in [0.4, 0.5) is 0 Å². The van der Waals surface area contributed by atoms with E-state index in [0.29, 0.717) is 11.7 Å². The topological polar surface area (TPSA) is 34.1 Å². The van der Waals surface area contributed by atoms with Crippen LogP contribution in [0, 0.1) is 23.2 Å². The molecule has 3 unspecified atom stereocenters. The lowest BCUT2D eigenvalue weighted by Crippen LogP contribution is -2.39. The lowest BCUT2D eigenvalue weighted by atomic mass is 9.62. The number of rotatable bonds is 2. The van der Waals surface area contributed by atoms with Crippen molar-refractivity contribution in [3.63, 3.8) is 0 Å². The summed E-state index contributed by atoms with van der Waals surface area (Å²) in [6.07, 6.45) is 6.06. The highest BCUT2D eigenvalue weighted by Gasteiger charge is 2.52. The monoisotopic (exact) mass is 208 g/mol. The minimum Gasteiger partial charge on any atom is -0.303 e. The Morgan fingerprint density at radius 2 is 2.20 bits per heavy atom. The lowest BCUT2D eigenvalue weighted by molar-refractivity contribution is -0.131. The van der Waals surface area contributed by atoms with E-state index in [2.05, 4.69) is 6.92 Å². The quantitative estimate of drug-likeness (QED) is 0.654. The molecule has 0 N–H and O–H groups in total. The smallest absolute Gasteiger partial charge is 0.136 e. The minimum atomic E-state index is 0.117. The molecule has 0 bridgehead atoms. The maximum absolute atomic E-state index is 11.8. The largest absolute Gasteiger partial charge is 0.303 e. The van der Waals surface area contributed by atoms with E-state index in [1.54, 1.807) is 0 Å². The zero-order valence-corrected chi connectivity index (χ0v) is 9.66. The molecule has 0 heterocycles. The SMILES string of the molecule is CC(C=O)C1CC[C@H]2C(=O)CCCC12C. The third kappa shape index (κ3) is 1.54. The van der Waals surface area contributed by atoms with Crippen LogP contribution in [0.5, 0.6) is 0 Å². The van der Waals surface area contributed by atoms with Gasteiger partial charge in [-0.3, -0.25) is 4.79 Å². The number of aldehydes is 1. The molecule has 2 nitrogen and oxygen atoms in total. The first kappa shape index (κ1) is 10.8. The van der Waals surface area contributed by atoms with Crippen LogP contribution >= 0.6 is 0 Å². The molecule has 2 heteroatoms. The molecule has 2 aliphatic rings. The van der Waals surface area contributed by atoms with Crippen LogP contribution < -0.4 is 0 Å². The predicted molar refractivity (Wildman–Crippen MR) is 58.4 cm³/mol. The Bertz CT molecular complexity index is 284. The maximum atomic E-state index is 11.8. The van der Waals surface area contributed by atoms with Gasteiger partial charge in [-0.1, -0.05) is 13.8 Å². The summed E-state index contributed by atoms with van der Waals surface area (Å²) in [4.78, 5) is 22.8. The van der Waals surface area contributed by atoms with Gasteiger partial charge in [-0.05, 0) is 37.0 Å². The molecule has 0 amide bonds. The van der Waals surface area contributed by atoms with E-state index in [-0.39, 0.29) is 17.3 Å². The van der Waals surface area contributed by atoms with Crippen molar-refractivity contribution in [3.8, 4) is 0 Å². The van der Waals surface area contributed by atoms with Gasteiger partial charge in [-0.15, -0.1) is 0 Å². The number of ketones is 1. The van der Waals surface area contributed by atoms with Crippen LogP contribution in [0.2, 0.25) is 0 Å². The zero-order valence-electron chi connectivity index (χ0n) is 9.66. The number of Topliss-reactive ketones (excluding diaryl/α,β-unsaturated/α-hetero) is 1. The zero-order chi connectivity index (χ0) is 11.1. The molecule has 0 spiro atoms. The molecule has 0 aliphatic heterocycles. The van der Waals surface area contributed by atoms with Crippen LogP contribution in [0.25, 0.3) is 0 Å². The standard InChI is InChI=1S/C13H20O2/c1-9(8-14)10-5-6-11-12(15)4-3-7-13(10,11)2/h8-11H,3-7H2,1-2H3/t9?,10?,11-,13?/m0/s1. The van der Waals surface area contributed by atoms with Gasteiger partial charge < -0.3 is 4.79 Å². The fourth-order valence-corrected chi connectivity index (χ4v) is 3.93. The molecule has 2 saturated carbocycles. The molecular formula is C13H20O2. The van der Waals surface area contributed by atoms with Crippen molar-refractivity contribution >= 4 is 12.1 Å². The van der Waals surface area contributed by atoms with Gasteiger partial charge in [0, 0.05) is 18.3 Å². The van der Waals surface area contributed by atoms with Crippen LogP contribution in [-0.4, -0.2) is 12.1 Å². The van der Waals surface area contributed by atoms with Crippen LogP contribution in [-0.2, 0) is 9.59 Å². The second kappa shape index (κ2) is 3.73. The molecule has 2 fully saturated rings. The highest BCUT2D eigenvalue weighted by molar-refractivity contribution is 5.83. The fraction of sp³-hybridized carbons (Fsp3) is 0.846. The van der Waals surface area contributed by atoms with E-state index in [1.165, 1.54) is 0 Å². The van der Waals surface area contributed by atoms with Crippen molar-refractivity contribution < 1.29 is 9.59 Å². The first-order valence-electron chi connectivity index (χ1n) is 6.07. The summed E-state index contributed by atoms with van der Waals surface area (Å²) in [5, 5.41) is 0. The second-order valence-electron chi connectivity index (χ2n) is 5.56. The van der Waals surface area contributed by atoms with E-state index in [9.17, 15) is 9.59 Å². The van der Waals surface area contributed by atoms with Gasteiger partial charge in [-0.25, -0.2) is 0 Å². The third-order valence-electron chi connectivity index (χ3n) is 4.79. The molecular weight excluding hydrogens is 188 g/mol. The van der Waals surface area contributed by atoms with Crippen LogP contribution in [0.1, 0.15) is 46.0 Å². The predicted octanol–water partition coefficient (Wildman–Crippen LogP) is 2.61. The minimum absolute atomic E-state index is 0.117. The highest BCUT2D eigenvalue weighted by Crippen LogP contribution is 2.56. The van der Waals surface area contributed by atoms with Crippen molar-refractivity contribution in [1.82, 2.24) is 0 Å². The van der Waals surface area contributed by atoms with Gasteiger partial charge in [0.15, 0.2) is 0 Å². The Morgan fingerprint density at radius 1 is 1.47 bits per heavy atom. The fourth-order valence-electron chi connectivity index (χ4n) is 3.93. The third-order valence-corrected chi connectivity index (χ3v) is 4.79. The van der Waals surface area contributed by atoms with E-state index >= 15 is 0 Å². The summed E-state index contributed by atoms with van der Waals surface area (Å²) in [5.74, 6) is 1.25. The Balaban J connectivity index is 2.24. The summed E-state index contributed by atoms with van der Waals surface area (Å²) in [6.45, 7) is 4.23. The summed E-state index contributed by atoms with van der Waals surface area (Å²) >= 11 is 0. The molecule has 0 aromatic rings. The molecule has 4 atom stereocenters. The second-order valence-corrected chi connectivity index (χ2v) is 5.56. The van der Waals surface area contributed by atoms with Gasteiger partial charge in [0.25, 0.3) is 0 Å². The number of carbonyl (C=O) groups excluding carboxylic acids is 2. The lowest BCUT2D eigenvalue weighted by Gasteiger charge is -2.41.